The van der Waals surface area contributed by atoms with E-state index >= 15 is 0 Å². The number of amides is 3. The number of hydrogen-bond donors (Lipinski definition) is 3. The van der Waals surface area contributed by atoms with Crippen molar-refractivity contribution in [2.75, 3.05) is 20.6 Å². The quantitative estimate of drug-likeness (QED) is 0.515. The minimum absolute atomic E-state index is 0.0419. The summed E-state index contributed by atoms with van der Waals surface area (Å²) < 4.78 is 25.5. The van der Waals surface area contributed by atoms with E-state index in [0.29, 0.717) is 0 Å². The molecule has 9 nitrogen and oxygen atoms in total. The van der Waals surface area contributed by atoms with Crippen LogP contribution in [0, 0.1) is 0 Å². The van der Waals surface area contributed by atoms with Crippen LogP contribution in [0.1, 0.15) is 6.42 Å². The Balaban J connectivity index is 2.78. The molecule has 1 aromatic carbocycles. The Kier molecular flexibility index (Phi) is 6.86. The van der Waals surface area contributed by atoms with Crippen molar-refractivity contribution in [3.8, 4) is 0 Å². The van der Waals surface area contributed by atoms with E-state index in [4.69, 9.17) is 5.73 Å². The van der Waals surface area contributed by atoms with Gasteiger partial charge in [-0.1, -0.05) is 18.2 Å². The molecule has 0 saturated heterocycles. The van der Waals surface area contributed by atoms with E-state index in [0.717, 1.165) is 4.31 Å². The third kappa shape index (κ3) is 5.32. The van der Waals surface area contributed by atoms with Gasteiger partial charge >= 0.3 is 0 Å². The summed E-state index contributed by atoms with van der Waals surface area (Å²) in [7, 11) is -1.26. The Morgan fingerprint density at radius 2 is 1.79 bits per heavy atom. The highest BCUT2D eigenvalue weighted by Gasteiger charge is 2.26. The van der Waals surface area contributed by atoms with Crippen molar-refractivity contribution in [1.29, 1.82) is 0 Å². The zero-order chi connectivity index (χ0) is 18.3. The molecule has 1 atom stereocenters. The topological polar surface area (TPSA) is 139 Å². The van der Waals surface area contributed by atoms with Crippen LogP contribution in [0.3, 0.4) is 0 Å². The second-order valence-corrected chi connectivity index (χ2v) is 7.02. The predicted molar refractivity (Wildman–Crippen MR) is 86.1 cm³/mol. The van der Waals surface area contributed by atoms with Gasteiger partial charge in [0.05, 0.1) is 17.9 Å². The summed E-state index contributed by atoms with van der Waals surface area (Å²) in [6.45, 7) is -0.510. The number of benzene rings is 1. The van der Waals surface area contributed by atoms with Gasteiger partial charge in [0.2, 0.25) is 27.7 Å². The Morgan fingerprint density at radius 1 is 1.21 bits per heavy atom. The van der Waals surface area contributed by atoms with Crippen molar-refractivity contribution in [3.63, 3.8) is 0 Å². The molecule has 0 spiro atoms. The average molecular weight is 356 g/mol. The summed E-state index contributed by atoms with van der Waals surface area (Å²) in [5.74, 6) is -2.10. The second kappa shape index (κ2) is 8.41. The minimum Gasteiger partial charge on any atom is -0.370 e. The third-order valence-electron chi connectivity index (χ3n) is 3.12. The smallest absolute Gasteiger partial charge is 0.243 e. The van der Waals surface area contributed by atoms with Gasteiger partial charge in [-0.15, -0.1) is 0 Å². The van der Waals surface area contributed by atoms with Crippen molar-refractivity contribution >= 4 is 27.7 Å². The molecule has 0 aliphatic carbocycles. The van der Waals surface area contributed by atoms with Gasteiger partial charge in [-0.2, -0.15) is 4.31 Å². The van der Waals surface area contributed by atoms with Crippen LogP contribution in [0.15, 0.2) is 35.2 Å². The largest absolute Gasteiger partial charge is 0.370 e. The number of carbonyl (C=O) groups excluding carboxylic acids is 3. The molecule has 4 N–H and O–H groups in total. The first-order valence-electron chi connectivity index (χ1n) is 6.99. The highest BCUT2D eigenvalue weighted by atomic mass is 32.2. The Bertz CT molecular complexity index is 705. The van der Waals surface area contributed by atoms with E-state index < -0.39 is 40.3 Å². The maximum absolute atomic E-state index is 12.3. The monoisotopic (exact) mass is 356 g/mol. The lowest BCUT2D eigenvalue weighted by molar-refractivity contribution is -0.130. The molecular formula is C14H20N4O5S. The Labute approximate surface area is 140 Å². The molecule has 0 aromatic heterocycles. The predicted octanol–water partition coefficient (Wildman–Crippen LogP) is -1.59. The minimum atomic E-state index is -3.84. The molecule has 0 aliphatic heterocycles. The molecule has 10 heteroatoms. The van der Waals surface area contributed by atoms with Crippen LogP contribution in [-0.2, 0) is 24.4 Å². The van der Waals surface area contributed by atoms with Crippen LogP contribution in [-0.4, -0.2) is 57.1 Å². The molecule has 0 saturated carbocycles. The zero-order valence-electron chi connectivity index (χ0n) is 13.4. The van der Waals surface area contributed by atoms with Crippen LogP contribution >= 0.6 is 0 Å². The fraction of sp³-hybridized carbons (Fsp3) is 0.357. The van der Waals surface area contributed by atoms with E-state index in [1.165, 1.54) is 26.2 Å². The highest BCUT2D eigenvalue weighted by molar-refractivity contribution is 7.89. The lowest BCUT2D eigenvalue weighted by Crippen LogP contribution is -2.50. The molecule has 132 valence electrons. The number of primary amides is 1. The van der Waals surface area contributed by atoms with E-state index in [2.05, 4.69) is 10.6 Å². The van der Waals surface area contributed by atoms with Gasteiger partial charge in [0.25, 0.3) is 0 Å². The van der Waals surface area contributed by atoms with Gasteiger partial charge in [-0.3, -0.25) is 14.4 Å². The fourth-order valence-corrected chi connectivity index (χ4v) is 3.03. The summed E-state index contributed by atoms with van der Waals surface area (Å²) in [5, 5.41) is 4.59. The molecule has 0 radical (unpaired) electrons. The van der Waals surface area contributed by atoms with Crippen LogP contribution in [0.2, 0.25) is 0 Å². The maximum Gasteiger partial charge on any atom is 0.243 e. The number of nitrogens with one attached hydrogen (secondary N) is 2. The Morgan fingerprint density at radius 3 is 2.29 bits per heavy atom. The van der Waals surface area contributed by atoms with E-state index in [1.54, 1.807) is 18.2 Å². The highest BCUT2D eigenvalue weighted by Crippen LogP contribution is 2.12. The summed E-state index contributed by atoms with van der Waals surface area (Å²) >= 11 is 0. The van der Waals surface area contributed by atoms with Crippen LogP contribution in [0.25, 0.3) is 0 Å². The zero-order valence-corrected chi connectivity index (χ0v) is 14.2. The molecule has 0 heterocycles. The second-order valence-electron chi connectivity index (χ2n) is 4.98. The van der Waals surface area contributed by atoms with Crippen molar-refractivity contribution < 1.29 is 22.8 Å². The number of nitrogens with zero attached hydrogens (tertiary/aromatic N) is 1. The number of hydrogen-bond acceptors (Lipinski definition) is 5. The fourth-order valence-electron chi connectivity index (χ4n) is 1.88. The summed E-state index contributed by atoms with van der Waals surface area (Å²) in [4.78, 5) is 34.6. The molecule has 0 aliphatic rings. The van der Waals surface area contributed by atoms with Gasteiger partial charge in [0.15, 0.2) is 0 Å². The standard InChI is InChI=1S/C14H20N4O5S/c1-16-14(21)11(8-12(15)19)17-13(20)9-18(2)24(22,23)10-6-4-3-5-7-10/h3-7,11H,8-9H2,1-2H3,(H2,15,19)(H,16,21)(H,17,20)/t11-/m0/s1. The van der Waals surface area contributed by atoms with Crippen LogP contribution in [0.4, 0.5) is 0 Å². The van der Waals surface area contributed by atoms with Crippen molar-refractivity contribution in [2.24, 2.45) is 5.73 Å². The maximum atomic E-state index is 12.3. The van der Waals surface area contributed by atoms with E-state index in [-0.39, 0.29) is 11.3 Å². The van der Waals surface area contributed by atoms with Crippen LogP contribution < -0.4 is 16.4 Å². The number of rotatable bonds is 8. The molecule has 0 bridgehead atoms. The molecule has 3 amide bonds. The lowest BCUT2D eigenvalue weighted by atomic mass is 10.2. The van der Waals surface area contributed by atoms with Gasteiger partial charge in [0.1, 0.15) is 6.04 Å². The molecule has 1 aromatic rings. The van der Waals surface area contributed by atoms with Gasteiger partial charge in [-0.25, -0.2) is 8.42 Å². The molecular weight excluding hydrogens is 336 g/mol. The lowest BCUT2D eigenvalue weighted by Gasteiger charge is -2.20. The van der Waals surface area contributed by atoms with Crippen molar-refractivity contribution in [2.45, 2.75) is 17.4 Å². The van der Waals surface area contributed by atoms with Crippen molar-refractivity contribution in [1.82, 2.24) is 14.9 Å². The molecule has 24 heavy (non-hydrogen) atoms. The number of sulfonamides is 1. The number of likely N-dealkylation sites (N-methyl/N-ethyl adjacent to an activating group) is 2. The first-order valence-corrected chi connectivity index (χ1v) is 8.43. The summed E-state index contributed by atoms with van der Waals surface area (Å²) in [5.41, 5.74) is 5.03. The van der Waals surface area contributed by atoms with Crippen molar-refractivity contribution in [3.05, 3.63) is 30.3 Å². The van der Waals surface area contributed by atoms with Gasteiger partial charge < -0.3 is 16.4 Å². The third-order valence-corrected chi connectivity index (χ3v) is 4.94. The Hall–Kier alpha value is -2.46. The van der Waals surface area contributed by atoms with Crippen LogP contribution in [0.5, 0.6) is 0 Å². The molecule has 0 unspecified atom stereocenters. The number of nitrogens with two attached hydrogens (primary N) is 1. The first kappa shape index (κ1) is 19.6. The van der Waals surface area contributed by atoms with Gasteiger partial charge in [-0.05, 0) is 12.1 Å². The normalized spacial score (nSPS) is 12.5. The first-order chi connectivity index (χ1) is 11.2. The summed E-state index contributed by atoms with van der Waals surface area (Å²) in [6, 6.07) is 6.45. The van der Waals surface area contributed by atoms with E-state index in [9.17, 15) is 22.8 Å². The summed E-state index contributed by atoms with van der Waals surface area (Å²) in [6.07, 6.45) is -0.388. The SMILES string of the molecule is CNC(=O)[C@H](CC(N)=O)NC(=O)CN(C)S(=O)(=O)c1ccccc1. The number of carbonyl (C=O) groups is 3. The molecule has 0 fully saturated rings. The average Bonchev–Trinajstić information content (AvgIpc) is 2.53. The van der Waals surface area contributed by atoms with Gasteiger partial charge in [0, 0.05) is 14.1 Å². The molecule has 1 rings (SSSR count). The van der Waals surface area contributed by atoms with E-state index in [1.807, 2.05) is 0 Å².